The Morgan fingerprint density at radius 1 is 0.400 bits per heavy atom. The fourth-order valence-electron chi connectivity index (χ4n) is 5.45. The summed E-state index contributed by atoms with van der Waals surface area (Å²) in [5.41, 5.74) is -0.0936. The van der Waals surface area contributed by atoms with E-state index in [1.54, 1.807) is 0 Å². The molecule has 0 amide bonds. The molecule has 1 heteroatoms. The van der Waals surface area contributed by atoms with Gasteiger partial charge in [0.1, 0.15) is 0 Å². The van der Waals surface area contributed by atoms with Crippen molar-refractivity contribution < 1.29 is 4.74 Å². The third kappa shape index (κ3) is 19.7. The van der Waals surface area contributed by atoms with Gasteiger partial charge in [0, 0.05) is 0 Å². The highest BCUT2D eigenvalue weighted by Crippen LogP contribution is 2.35. The SMILES string of the molecule is CCCCCCCCCCCCC(C)C(C)(C)OC(C)(C)C(C)CCCCCCCCCCCC. The largest absolute Gasteiger partial charge is 0.369 e. The molecule has 212 valence electrons. The van der Waals surface area contributed by atoms with Crippen molar-refractivity contribution in [2.75, 3.05) is 0 Å². The van der Waals surface area contributed by atoms with Crippen molar-refractivity contribution in [1.29, 1.82) is 0 Å². The quantitative estimate of drug-likeness (QED) is 0.109. The highest BCUT2D eigenvalue weighted by atomic mass is 16.5. The first kappa shape index (κ1) is 35.0. The highest BCUT2D eigenvalue weighted by Gasteiger charge is 2.36. The summed E-state index contributed by atoms with van der Waals surface area (Å²) < 4.78 is 6.83. The molecule has 0 saturated heterocycles. The Kier molecular flexibility index (Phi) is 22.0. The van der Waals surface area contributed by atoms with Crippen molar-refractivity contribution in [2.24, 2.45) is 11.8 Å². The van der Waals surface area contributed by atoms with Crippen molar-refractivity contribution in [3.8, 4) is 0 Å². The molecule has 0 aliphatic rings. The van der Waals surface area contributed by atoms with Crippen LogP contribution < -0.4 is 0 Å². The van der Waals surface area contributed by atoms with E-state index >= 15 is 0 Å². The lowest BCUT2D eigenvalue weighted by Gasteiger charge is -2.43. The van der Waals surface area contributed by atoms with E-state index in [1.807, 2.05) is 0 Å². The van der Waals surface area contributed by atoms with E-state index in [2.05, 4.69) is 55.4 Å². The first-order valence-corrected chi connectivity index (χ1v) is 16.4. The molecule has 0 fully saturated rings. The van der Waals surface area contributed by atoms with Crippen LogP contribution in [0.15, 0.2) is 0 Å². The van der Waals surface area contributed by atoms with E-state index in [0.717, 1.165) is 0 Å². The second-order valence-electron chi connectivity index (χ2n) is 13.1. The zero-order valence-electron chi connectivity index (χ0n) is 26.1. The monoisotopic (exact) mass is 495 g/mol. The van der Waals surface area contributed by atoms with Crippen LogP contribution >= 0.6 is 0 Å². The van der Waals surface area contributed by atoms with Crippen LogP contribution in [0.3, 0.4) is 0 Å². The zero-order valence-corrected chi connectivity index (χ0v) is 26.1. The van der Waals surface area contributed by atoms with Crippen LogP contribution in [0.4, 0.5) is 0 Å². The van der Waals surface area contributed by atoms with Crippen molar-refractivity contribution in [2.45, 2.75) is 208 Å². The number of ether oxygens (including phenoxy) is 1. The minimum Gasteiger partial charge on any atom is -0.369 e. The van der Waals surface area contributed by atoms with Gasteiger partial charge in [0.25, 0.3) is 0 Å². The van der Waals surface area contributed by atoms with Crippen LogP contribution in [0.25, 0.3) is 0 Å². The summed E-state index contributed by atoms with van der Waals surface area (Å²) in [6.07, 6.45) is 30.9. The second kappa shape index (κ2) is 22.0. The predicted molar refractivity (Wildman–Crippen MR) is 160 cm³/mol. The van der Waals surface area contributed by atoms with E-state index in [1.165, 1.54) is 141 Å². The van der Waals surface area contributed by atoms with Crippen LogP contribution in [0.2, 0.25) is 0 Å². The molecule has 0 aliphatic carbocycles. The van der Waals surface area contributed by atoms with E-state index in [-0.39, 0.29) is 11.2 Å². The molecule has 0 aromatic heterocycles. The van der Waals surface area contributed by atoms with Crippen LogP contribution in [0, 0.1) is 11.8 Å². The molecule has 0 aromatic carbocycles. The van der Waals surface area contributed by atoms with Gasteiger partial charge in [0.2, 0.25) is 0 Å². The average Bonchev–Trinajstić information content (AvgIpc) is 2.80. The van der Waals surface area contributed by atoms with Crippen molar-refractivity contribution >= 4 is 0 Å². The fourth-order valence-corrected chi connectivity index (χ4v) is 5.45. The maximum absolute atomic E-state index is 6.83. The van der Waals surface area contributed by atoms with E-state index in [4.69, 9.17) is 4.74 Å². The third-order valence-electron chi connectivity index (χ3n) is 8.88. The molecule has 1 nitrogen and oxygen atoms in total. The van der Waals surface area contributed by atoms with Crippen LogP contribution in [0.5, 0.6) is 0 Å². The van der Waals surface area contributed by atoms with Crippen molar-refractivity contribution in [1.82, 2.24) is 0 Å². The van der Waals surface area contributed by atoms with Gasteiger partial charge >= 0.3 is 0 Å². The molecule has 0 radical (unpaired) electrons. The Morgan fingerprint density at radius 2 is 0.629 bits per heavy atom. The van der Waals surface area contributed by atoms with Gasteiger partial charge in [-0.2, -0.15) is 0 Å². The van der Waals surface area contributed by atoms with Gasteiger partial charge in [-0.05, 0) is 52.4 Å². The minimum absolute atomic E-state index is 0.0468. The van der Waals surface area contributed by atoms with Crippen molar-refractivity contribution in [3.63, 3.8) is 0 Å². The molecule has 0 aromatic rings. The molecule has 0 bridgehead atoms. The van der Waals surface area contributed by atoms with Crippen molar-refractivity contribution in [3.05, 3.63) is 0 Å². The molecule has 0 saturated carbocycles. The molecule has 0 N–H and O–H groups in total. The maximum Gasteiger partial charge on any atom is 0.0659 e. The lowest BCUT2D eigenvalue weighted by atomic mass is 9.83. The zero-order chi connectivity index (χ0) is 26.4. The number of hydrogen-bond donors (Lipinski definition) is 0. The topological polar surface area (TPSA) is 9.23 Å². The lowest BCUT2D eigenvalue weighted by molar-refractivity contribution is -0.169. The Morgan fingerprint density at radius 3 is 0.886 bits per heavy atom. The van der Waals surface area contributed by atoms with E-state index in [0.29, 0.717) is 11.8 Å². The first-order valence-electron chi connectivity index (χ1n) is 16.4. The van der Waals surface area contributed by atoms with Crippen LogP contribution in [0.1, 0.15) is 197 Å². The fraction of sp³-hybridized carbons (Fsp3) is 1.00. The summed E-state index contributed by atoms with van der Waals surface area (Å²) >= 11 is 0. The lowest BCUT2D eigenvalue weighted by Crippen LogP contribution is -2.45. The van der Waals surface area contributed by atoms with Gasteiger partial charge < -0.3 is 4.74 Å². The standard InChI is InChI=1S/C34H70O/c1-9-11-13-15-17-19-21-23-25-27-29-31(3)33(5,6)35-34(7,8)32(4)30-28-26-24-22-20-18-16-14-12-10-2/h31-32H,9-30H2,1-8H3. The van der Waals surface area contributed by atoms with Gasteiger partial charge in [-0.15, -0.1) is 0 Å². The third-order valence-corrected chi connectivity index (χ3v) is 8.88. The van der Waals surface area contributed by atoms with Crippen LogP contribution in [-0.4, -0.2) is 11.2 Å². The molecule has 2 unspecified atom stereocenters. The summed E-state index contributed by atoms with van der Waals surface area (Å²) in [5, 5.41) is 0. The summed E-state index contributed by atoms with van der Waals surface area (Å²) in [7, 11) is 0. The number of unbranched alkanes of at least 4 members (excludes halogenated alkanes) is 18. The number of rotatable bonds is 26. The average molecular weight is 495 g/mol. The number of hydrogen-bond acceptors (Lipinski definition) is 1. The first-order chi connectivity index (χ1) is 16.7. The Hall–Kier alpha value is -0.0400. The van der Waals surface area contributed by atoms with Gasteiger partial charge in [0.05, 0.1) is 11.2 Å². The second-order valence-corrected chi connectivity index (χ2v) is 13.1. The smallest absolute Gasteiger partial charge is 0.0659 e. The molecule has 35 heavy (non-hydrogen) atoms. The van der Waals surface area contributed by atoms with Gasteiger partial charge in [-0.3, -0.25) is 0 Å². The Labute approximate surface area is 224 Å². The highest BCUT2D eigenvalue weighted by molar-refractivity contribution is 4.85. The molecule has 0 heterocycles. The molecule has 0 aliphatic heterocycles. The molecule has 2 atom stereocenters. The van der Waals surface area contributed by atoms with E-state index in [9.17, 15) is 0 Å². The van der Waals surface area contributed by atoms with Gasteiger partial charge in [0.15, 0.2) is 0 Å². The molecule has 0 rings (SSSR count). The normalized spacial score (nSPS) is 14.4. The summed E-state index contributed by atoms with van der Waals surface area (Å²) in [6, 6.07) is 0. The van der Waals surface area contributed by atoms with Crippen LogP contribution in [-0.2, 0) is 4.74 Å². The summed E-state index contributed by atoms with van der Waals surface area (Å²) in [5.74, 6) is 1.22. The van der Waals surface area contributed by atoms with Gasteiger partial charge in [-0.25, -0.2) is 0 Å². The predicted octanol–water partition coefficient (Wildman–Crippen LogP) is 12.5. The Balaban J connectivity index is 3.96. The molecule has 0 spiro atoms. The summed E-state index contributed by atoms with van der Waals surface area (Å²) in [4.78, 5) is 0. The summed E-state index contributed by atoms with van der Waals surface area (Å²) in [6.45, 7) is 18.8. The Bertz CT molecular complexity index is 398. The maximum atomic E-state index is 6.83. The molecular weight excluding hydrogens is 424 g/mol. The van der Waals surface area contributed by atoms with E-state index < -0.39 is 0 Å². The molecular formula is C34H70O. The van der Waals surface area contributed by atoms with Gasteiger partial charge in [-0.1, -0.05) is 156 Å². The minimum atomic E-state index is -0.0468.